The molecule has 0 saturated carbocycles. The number of thiol groups is 4. The molecular formula is C26H40N2S14. The third-order valence-electron chi connectivity index (χ3n) is 5.70. The third-order valence-corrected chi connectivity index (χ3v) is 22.5. The highest BCUT2D eigenvalue weighted by Gasteiger charge is 2.16. The molecule has 2 nitrogen and oxygen atoms in total. The molecule has 0 saturated heterocycles. The molecule has 42 heavy (non-hydrogen) atoms. The van der Waals surface area contributed by atoms with Crippen LogP contribution in [0, 0.1) is 0 Å². The largest absolute Gasteiger partial charge is 0.378 e. The van der Waals surface area contributed by atoms with Crippen LogP contribution in [0.2, 0.25) is 0 Å². The highest BCUT2D eigenvalue weighted by Crippen LogP contribution is 2.47. The monoisotopic (exact) mass is 828 g/mol. The van der Waals surface area contributed by atoms with Gasteiger partial charge in [-0.15, -0.1) is 23.3 Å². The molecular weight excluding hydrogens is 789 g/mol. The van der Waals surface area contributed by atoms with Crippen molar-refractivity contribution in [2.75, 3.05) is 72.5 Å². The number of hydrogen-bond acceptors (Lipinski definition) is 16. The Kier molecular flexibility index (Phi) is 24.5. The maximum atomic E-state index is 4.62. The smallest absolute Gasteiger partial charge is 0.0497 e. The van der Waals surface area contributed by atoms with Crippen molar-refractivity contribution < 1.29 is 0 Å². The molecule has 0 fully saturated rings. The second kappa shape index (κ2) is 25.0. The Balaban J connectivity index is 1.60. The van der Waals surface area contributed by atoms with Crippen LogP contribution in [0.5, 0.6) is 0 Å². The maximum absolute atomic E-state index is 4.62. The number of anilines is 2. The van der Waals surface area contributed by atoms with Gasteiger partial charge in [-0.05, 0) is 55.0 Å². The normalized spacial score (nSPS) is 14.4. The molecule has 238 valence electrons. The summed E-state index contributed by atoms with van der Waals surface area (Å²) in [4.78, 5) is 4.26. The van der Waals surface area contributed by atoms with E-state index < -0.39 is 0 Å². The summed E-state index contributed by atoms with van der Waals surface area (Å²) in [7, 11) is 27.0. The van der Waals surface area contributed by atoms with Crippen molar-refractivity contribution in [2.24, 2.45) is 0 Å². The van der Waals surface area contributed by atoms with Crippen LogP contribution in [0.4, 0.5) is 11.4 Å². The topological polar surface area (TPSA) is 6.48 Å². The molecule has 0 aliphatic rings. The lowest BCUT2D eigenvalue weighted by atomic mass is 10.1. The first kappa shape index (κ1) is 41.1. The fourth-order valence-corrected chi connectivity index (χ4v) is 21.0. The molecule has 2 aromatic rings. The molecule has 4 atom stereocenters. The van der Waals surface area contributed by atoms with Gasteiger partial charge in [0, 0.05) is 95.1 Å². The van der Waals surface area contributed by atoms with Crippen LogP contribution < -0.4 is 9.80 Å². The molecule has 0 N–H and O–H groups in total. The van der Waals surface area contributed by atoms with Gasteiger partial charge < -0.3 is 9.80 Å². The Morgan fingerprint density at radius 3 is 1.19 bits per heavy atom. The minimum absolute atomic E-state index is 0.380. The van der Waals surface area contributed by atoms with E-state index in [1.165, 1.54) is 22.5 Å². The Labute approximate surface area is 315 Å². The van der Waals surface area contributed by atoms with Gasteiger partial charge in [-0.2, -0.15) is 25.3 Å². The van der Waals surface area contributed by atoms with Crippen molar-refractivity contribution in [1.29, 1.82) is 0 Å². The van der Waals surface area contributed by atoms with Crippen molar-refractivity contribution in [1.82, 2.24) is 0 Å². The van der Waals surface area contributed by atoms with E-state index >= 15 is 0 Å². The highest BCUT2D eigenvalue weighted by atomic mass is 33.5. The zero-order valence-electron chi connectivity index (χ0n) is 23.9. The maximum Gasteiger partial charge on any atom is 0.0497 e. The quantitative estimate of drug-likeness (QED) is 0.0482. The molecule has 0 aromatic heterocycles. The lowest BCUT2D eigenvalue weighted by molar-refractivity contribution is 1.10. The summed E-state index contributed by atoms with van der Waals surface area (Å²) in [5.74, 6) is 6.04. The standard InChI is InChI=1S/C26H40N2S14/c1-27(2)21-9-5-19(6-10-21)25(37-31)17-35-41-39-23(13-29)15-33-34-16-24(14-30)40-42-36-18-26(38-32)20-7-11-22(12-8-20)28(3)4/h5-12,23-26,29-32H,13-18H2,1-4H3. The van der Waals surface area contributed by atoms with Gasteiger partial charge in [0.2, 0.25) is 0 Å². The number of benzene rings is 2. The average molecular weight is 830 g/mol. The van der Waals surface area contributed by atoms with Crippen LogP contribution in [0.1, 0.15) is 21.6 Å². The van der Waals surface area contributed by atoms with E-state index in [1.54, 1.807) is 21.6 Å². The zero-order chi connectivity index (χ0) is 30.7. The van der Waals surface area contributed by atoms with Crippen molar-refractivity contribution in [3.8, 4) is 0 Å². The summed E-state index contributed by atoms with van der Waals surface area (Å²) in [6, 6.07) is 17.6. The summed E-state index contributed by atoms with van der Waals surface area (Å²) in [6.07, 6.45) is 0. The van der Waals surface area contributed by atoms with Gasteiger partial charge in [0.15, 0.2) is 0 Å². The van der Waals surface area contributed by atoms with E-state index in [1.807, 2.05) is 84.4 Å². The van der Waals surface area contributed by atoms with Crippen LogP contribution in [-0.2, 0) is 0 Å². The van der Waals surface area contributed by atoms with Crippen LogP contribution in [-0.4, -0.2) is 73.2 Å². The predicted octanol–water partition coefficient (Wildman–Crippen LogP) is 11.8. The molecule has 0 bridgehead atoms. The molecule has 16 heteroatoms. The van der Waals surface area contributed by atoms with Crippen LogP contribution in [0.25, 0.3) is 0 Å². The summed E-state index contributed by atoms with van der Waals surface area (Å²) in [5, 5.41) is 1.82. The molecule has 4 unspecified atom stereocenters. The van der Waals surface area contributed by atoms with Crippen molar-refractivity contribution in [3.05, 3.63) is 59.7 Å². The minimum atomic E-state index is 0.380. The first-order chi connectivity index (χ1) is 20.3. The fraction of sp³-hybridized carbons (Fsp3) is 0.538. The zero-order valence-corrected chi connectivity index (χ0v) is 35.7. The Bertz CT molecular complexity index is 874. The number of hydrogen-bond donors (Lipinski definition) is 4. The van der Waals surface area contributed by atoms with Crippen LogP contribution in [0.15, 0.2) is 48.5 Å². The third kappa shape index (κ3) is 16.4. The van der Waals surface area contributed by atoms with Gasteiger partial charge in [0.25, 0.3) is 0 Å². The first-order valence-corrected chi connectivity index (χ1v) is 27.9. The number of nitrogens with zero attached hydrogens (tertiary/aromatic N) is 2. The SMILES string of the molecule is CN(C)c1ccc(C(CSSSC(CS)CSSCC(CS)SSSCC(SS)c2ccc(N(C)C)cc2)SS)cc1. The van der Waals surface area contributed by atoms with Crippen molar-refractivity contribution in [3.63, 3.8) is 0 Å². The summed E-state index contributed by atoms with van der Waals surface area (Å²) >= 11 is 18.3. The second-order valence-corrected chi connectivity index (χ2v) is 24.3. The van der Waals surface area contributed by atoms with Crippen molar-refractivity contribution in [2.45, 2.75) is 21.0 Å². The fourth-order valence-electron chi connectivity index (χ4n) is 3.16. The van der Waals surface area contributed by atoms with Gasteiger partial charge in [-0.1, -0.05) is 111 Å². The average Bonchev–Trinajstić information content (AvgIpc) is 3.01. The highest BCUT2D eigenvalue weighted by molar-refractivity contribution is 9.10. The lowest BCUT2D eigenvalue weighted by Crippen LogP contribution is -2.08. The summed E-state index contributed by atoms with van der Waals surface area (Å²) in [6.45, 7) is 0. The second-order valence-electron chi connectivity index (χ2n) is 9.24. The van der Waals surface area contributed by atoms with Gasteiger partial charge >= 0.3 is 0 Å². The van der Waals surface area contributed by atoms with E-state index in [0.717, 1.165) is 34.5 Å². The molecule has 0 aliphatic heterocycles. The van der Waals surface area contributed by atoms with E-state index in [-0.39, 0.29) is 0 Å². The molecule has 2 aromatic carbocycles. The van der Waals surface area contributed by atoms with Gasteiger partial charge in [0.05, 0.1) is 0 Å². The molecule has 0 amide bonds. The Morgan fingerprint density at radius 2 is 0.905 bits per heavy atom. The van der Waals surface area contributed by atoms with E-state index in [0.29, 0.717) is 21.0 Å². The van der Waals surface area contributed by atoms with Crippen LogP contribution in [0.3, 0.4) is 0 Å². The Morgan fingerprint density at radius 1 is 0.548 bits per heavy atom. The summed E-state index contributed by atoms with van der Waals surface area (Å²) < 4.78 is 0. The van der Waals surface area contributed by atoms with Gasteiger partial charge in [-0.25, -0.2) is 0 Å². The van der Waals surface area contributed by atoms with Gasteiger partial charge in [-0.3, -0.25) is 0 Å². The molecule has 0 heterocycles. The Hall–Kier alpha value is 2.94. The summed E-state index contributed by atoms with van der Waals surface area (Å²) in [5.41, 5.74) is 5.12. The van der Waals surface area contributed by atoms with E-state index in [4.69, 9.17) is 0 Å². The van der Waals surface area contributed by atoms with Crippen LogP contribution >= 0.6 is 155 Å². The molecule has 0 spiro atoms. The van der Waals surface area contributed by atoms with Crippen molar-refractivity contribution >= 4 is 166 Å². The van der Waals surface area contributed by atoms with E-state index in [9.17, 15) is 0 Å². The number of rotatable bonds is 23. The van der Waals surface area contributed by atoms with Gasteiger partial charge in [0.1, 0.15) is 0 Å². The molecule has 0 aliphatic carbocycles. The first-order valence-electron chi connectivity index (χ1n) is 12.8. The molecule has 2 rings (SSSR count). The lowest BCUT2D eigenvalue weighted by Gasteiger charge is -2.18. The minimum Gasteiger partial charge on any atom is -0.378 e. The molecule has 0 radical (unpaired) electrons. The van der Waals surface area contributed by atoms with E-state index in [2.05, 4.69) is 135 Å². The predicted molar refractivity (Wildman–Crippen MR) is 236 cm³/mol.